The largest absolute Gasteiger partial charge is 0.496 e. The monoisotopic (exact) mass is 342 g/mol. The van der Waals surface area contributed by atoms with Gasteiger partial charge < -0.3 is 9.47 Å². The highest BCUT2D eigenvalue weighted by molar-refractivity contribution is 5.53. The molecule has 2 heteroatoms. The zero-order chi connectivity index (χ0) is 18.0. The third-order valence-corrected chi connectivity index (χ3v) is 8.41. The summed E-state index contributed by atoms with van der Waals surface area (Å²) in [5, 5.41) is 0. The molecular weight excluding hydrogens is 308 g/mol. The summed E-state index contributed by atoms with van der Waals surface area (Å²) in [6.07, 6.45) is 6.51. The smallest absolute Gasteiger partial charge is 0.122 e. The predicted molar refractivity (Wildman–Crippen MR) is 102 cm³/mol. The average Bonchev–Trinajstić information content (AvgIpc) is 2.58. The van der Waals surface area contributed by atoms with Crippen molar-refractivity contribution in [2.45, 2.75) is 65.7 Å². The fourth-order valence-electron chi connectivity index (χ4n) is 6.81. The van der Waals surface area contributed by atoms with Gasteiger partial charge in [-0.25, -0.2) is 0 Å². The van der Waals surface area contributed by atoms with E-state index in [1.807, 2.05) is 14.2 Å². The van der Waals surface area contributed by atoms with Crippen molar-refractivity contribution in [3.8, 4) is 11.5 Å². The Bertz CT molecular complexity index is 677. The van der Waals surface area contributed by atoms with Crippen molar-refractivity contribution < 1.29 is 9.47 Å². The molecule has 0 saturated heterocycles. The standard InChI is InChI=1S/C23H34O2/c1-14-7-8-17-21-15(11-12-22(17,2)3)20-16(13-23(14,21)4)18(24-5)9-10-19(20)25-6/h9-10,14-15,17,21H,7-8,11-13H2,1-6H3/t14-,15+,17+,21-,23+/m0/s1. The number of fused-ring (bicyclic) bond motifs is 2. The number of rotatable bonds is 2. The van der Waals surface area contributed by atoms with Crippen molar-refractivity contribution >= 4 is 0 Å². The molecule has 0 heterocycles. The van der Waals surface area contributed by atoms with Gasteiger partial charge in [0.2, 0.25) is 0 Å². The van der Waals surface area contributed by atoms with Crippen molar-refractivity contribution in [3.05, 3.63) is 23.3 Å². The maximum absolute atomic E-state index is 5.84. The normalized spacial score (nSPS) is 38.5. The van der Waals surface area contributed by atoms with Crippen LogP contribution in [-0.2, 0) is 6.42 Å². The molecule has 25 heavy (non-hydrogen) atoms. The molecule has 0 bridgehead atoms. The van der Waals surface area contributed by atoms with Crippen molar-refractivity contribution in [1.29, 1.82) is 0 Å². The van der Waals surface area contributed by atoms with Crippen molar-refractivity contribution in [2.24, 2.45) is 28.6 Å². The van der Waals surface area contributed by atoms with E-state index in [1.165, 1.54) is 36.8 Å². The minimum Gasteiger partial charge on any atom is -0.496 e. The molecule has 0 amide bonds. The highest BCUT2D eigenvalue weighted by Gasteiger charge is 2.58. The summed E-state index contributed by atoms with van der Waals surface area (Å²) in [7, 11) is 3.64. The Morgan fingerprint density at radius 1 is 0.960 bits per heavy atom. The van der Waals surface area contributed by atoms with E-state index in [9.17, 15) is 0 Å². The molecule has 1 aromatic carbocycles. The first-order chi connectivity index (χ1) is 11.8. The Morgan fingerprint density at radius 2 is 1.64 bits per heavy atom. The maximum atomic E-state index is 5.84. The molecule has 3 aliphatic rings. The van der Waals surface area contributed by atoms with Gasteiger partial charge in [-0.2, -0.15) is 0 Å². The molecule has 0 radical (unpaired) electrons. The second-order valence-corrected chi connectivity index (χ2v) is 9.79. The van der Waals surface area contributed by atoms with Gasteiger partial charge in [0.05, 0.1) is 14.2 Å². The van der Waals surface area contributed by atoms with Crippen LogP contribution in [0.4, 0.5) is 0 Å². The Hall–Kier alpha value is -1.18. The fourth-order valence-corrected chi connectivity index (χ4v) is 6.81. The van der Waals surface area contributed by atoms with E-state index >= 15 is 0 Å². The molecule has 4 rings (SSSR count). The van der Waals surface area contributed by atoms with Crippen LogP contribution in [0.5, 0.6) is 11.5 Å². The SMILES string of the molecule is COc1ccc(OC)c2c1C[C@@]1(C)[C@H]3[C@@H]2CCC(C)(C)[C@@H]3CC[C@@H]1C. The van der Waals surface area contributed by atoms with Gasteiger partial charge in [0.25, 0.3) is 0 Å². The quantitative estimate of drug-likeness (QED) is 0.673. The molecule has 0 spiro atoms. The molecule has 2 saturated carbocycles. The lowest BCUT2D eigenvalue weighted by Crippen LogP contribution is -2.55. The third kappa shape index (κ3) is 2.28. The number of ether oxygens (including phenoxy) is 2. The van der Waals surface area contributed by atoms with Gasteiger partial charge in [-0.1, -0.05) is 27.7 Å². The maximum Gasteiger partial charge on any atom is 0.122 e. The summed E-state index contributed by atoms with van der Waals surface area (Å²) in [5.74, 6) is 5.15. The molecule has 5 atom stereocenters. The van der Waals surface area contributed by atoms with Crippen LogP contribution < -0.4 is 9.47 Å². The summed E-state index contributed by atoms with van der Waals surface area (Å²) in [5.41, 5.74) is 3.74. The second kappa shape index (κ2) is 5.66. The van der Waals surface area contributed by atoms with Crippen LogP contribution in [-0.4, -0.2) is 14.2 Å². The molecule has 3 aliphatic carbocycles. The van der Waals surface area contributed by atoms with E-state index < -0.39 is 0 Å². The molecule has 138 valence electrons. The molecule has 2 fully saturated rings. The first-order valence-electron chi connectivity index (χ1n) is 10.1. The topological polar surface area (TPSA) is 18.5 Å². The van der Waals surface area contributed by atoms with E-state index in [2.05, 4.69) is 39.8 Å². The van der Waals surface area contributed by atoms with Gasteiger partial charge in [0.15, 0.2) is 0 Å². The van der Waals surface area contributed by atoms with Gasteiger partial charge in [-0.05, 0) is 78.7 Å². The predicted octanol–water partition coefficient (Wildman–Crippen LogP) is 5.83. The van der Waals surface area contributed by atoms with Crippen LogP contribution in [0.3, 0.4) is 0 Å². The number of hydrogen-bond donors (Lipinski definition) is 0. The summed E-state index contributed by atoms with van der Waals surface area (Å²) in [6, 6.07) is 4.24. The second-order valence-electron chi connectivity index (χ2n) is 9.79. The molecule has 1 aromatic rings. The lowest BCUT2D eigenvalue weighted by atomic mass is 9.42. The van der Waals surface area contributed by atoms with Crippen LogP contribution in [0.15, 0.2) is 12.1 Å². The minimum atomic E-state index is 0.373. The zero-order valence-electron chi connectivity index (χ0n) is 16.8. The van der Waals surface area contributed by atoms with Crippen LogP contribution >= 0.6 is 0 Å². The summed E-state index contributed by atoms with van der Waals surface area (Å²) in [6.45, 7) is 10.1. The van der Waals surface area contributed by atoms with Gasteiger partial charge in [-0.3, -0.25) is 0 Å². The highest BCUT2D eigenvalue weighted by atomic mass is 16.5. The van der Waals surface area contributed by atoms with E-state index in [4.69, 9.17) is 9.47 Å². The molecule has 0 N–H and O–H groups in total. The number of hydrogen-bond acceptors (Lipinski definition) is 2. The third-order valence-electron chi connectivity index (χ3n) is 8.41. The van der Waals surface area contributed by atoms with Crippen LogP contribution in [0.2, 0.25) is 0 Å². The Kier molecular flexibility index (Phi) is 3.90. The Labute approximate surface area is 153 Å². The van der Waals surface area contributed by atoms with Crippen LogP contribution in [0, 0.1) is 28.6 Å². The lowest BCUT2D eigenvalue weighted by molar-refractivity contribution is -0.0947. The zero-order valence-corrected chi connectivity index (χ0v) is 16.8. The van der Waals surface area contributed by atoms with Crippen molar-refractivity contribution in [3.63, 3.8) is 0 Å². The van der Waals surface area contributed by atoms with Gasteiger partial charge >= 0.3 is 0 Å². The van der Waals surface area contributed by atoms with Gasteiger partial charge in [0, 0.05) is 11.1 Å². The first kappa shape index (κ1) is 17.2. The molecule has 0 aliphatic heterocycles. The summed E-state index contributed by atoms with van der Waals surface area (Å²) < 4.78 is 11.6. The average molecular weight is 343 g/mol. The molecule has 2 nitrogen and oxygen atoms in total. The minimum absolute atomic E-state index is 0.373. The van der Waals surface area contributed by atoms with Crippen molar-refractivity contribution in [1.82, 2.24) is 0 Å². The lowest BCUT2D eigenvalue weighted by Gasteiger charge is -2.62. The number of benzene rings is 1. The van der Waals surface area contributed by atoms with E-state index in [-0.39, 0.29) is 0 Å². The van der Waals surface area contributed by atoms with E-state index in [1.54, 1.807) is 0 Å². The Morgan fingerprint density at radius 3 is 2.32 bits per heavy atom. The highest BCUT2D eigenvalue weighted by Crippen LogP contribution is 2.67. The first-order valence-corrected chi connectivity index (χ1v) is 10.1. The molecule has 0 unspecified atom stereocenters. The van der Waals surface area contributed by atoms with Crippen LogP contribution in [0.1, 0.15) is 70.4 Å². The van der Waals surface area contributed by atoms with Crippen molar-refractivity contribution in [2.75, 3.05) is 14.2 Å². The Balaban J connectivity index is 1.93. The summed E-state index contributed by atoms with van der Waals surface area (Å²) >= 11 is 0. The van der Waals surface area contributed by atoms with E-state index in [0.717, 1.165) is 35.7 Å². The van der Waals surface area contributed by atoms with Crippen LogP contribution in [0.25, 0.3) is 0 Å². The fraction of sp³-hybridized carbons (Fsp3) is 0.739. The van der Waals surface area contributed by atoms with Gasteiger partial charge in [-0.15, -0.1) is 0 Å². The summed E-state index contributed by atoms with van der Waals surface area (Å²) in [4.78, 5) is 0. The molecule has 0 aromatic heterocycles. The number of methoxy groups -OCH3 is 2. The van der Waals surface area contributed by atoms with Gasteiger partial charge in [0.1, 0.15) is 11.5 Å². The van der Waals surface area contributed by atoms with E-state index in [0.29, 0.717) is 16.7 Å². The molecular formula is C23H34O2.